The number of carbonyl (C=O) groups excluding carboxylic acids is 2. The molecule has 0 spiro atoms. The summed E-state index contributed by atoms with van der Waals surface area (Å²) >= 11 is 0. The lowest BCUT2D eigenvalue weighted by atomic mass is 9.95. The topological polar surface area (TPSA) is 111 Å². The first-order chi connectivity index (χ1) is 17.2. The fraction of sp³-hybridized carbons (Fsp3) is 0.462. The highest BCUT2D eigenvalue weighted by molar-refractivity contribution is 7.89. The number of ether oxygens (including phenoxy) is 3. The quantitative estimate of drug-likeness (QED) is 0.509. The number of nitrogens with one attached hydrogen (secondary N) is 1. The van der Waals surface area contributed by atoms with Crippen LogP contribution in [-0.2, 0) is 29.8 Å². The van der Waals surface area contributed by atoms with Crippen molar-refractivity contribution < 1.29 is 32.2 Å². The molecule has 1 aliphatic heterocycles. The smallest absolute Gasteiger partial charge is 0.316 e. The van der Waals surface area contributed by atoms with Gasteiger partial charge in [-0.25, -0.2) is 8.42 Å². The van der Waals surface area contributed by atoms with Gasteiger partial charge in [0.25, 0.3) is 0 Å². The summed E-state index contributed by atoms with van der Waals surface area (Å²) in [6.07, 6.45) is 2.37. The number of nitrogens with zero attached hydrogens (tertiary/aromatic N) is 1. The molecule has 4 rings (SSSR count). The maximum Gasteiger partial charge on any atom is 0.316 e. The van der Waals surface area contributed by atoms with Crippen molar-refractivity contribution in [2.75, 3.05) is 39.2 Å². The molecule has 10 heteroatoms. The first-order valence-electron chi connectivity index (χ1n) is 12.1. The van der Waals surface area contributed by atoms with Crippen LogP contribution in [0.3, 0.4) is 0 Å². The van der Waals surface area contributed by atoms with Gasteiger partial charge in [-0.15, -0.1) is 0 Å². The van der Waals surface area contributed by atoms with Crippen LogP contribution in [0.25, 0.3) is 0 Å². The normalized spacial score (nSPS) is 17.8. The summed E-state index contributed by atoms with van der Waals surface area (Å²) in [5, 5.41) is 2.92. The summed E-state index contributed by atoms with van der Waals surface area (Å²) in [6.45, 7) is 2.64. The third kappa shape index (κ3) is 5.05. The molecule has 1 N–H and O–H groups in total. The number of sulfonamides is 1. The number of amides is 1. The number of carbonyl (C=O) groups is 2. The average Bonchev–Trinajstić information content (AvgIpc) is 3.71. The van der Waals surface area contributed by atoms with E-state index in [1.165, 1.54) is 30.7 Å². The highest BCUT2D eigenvalue weighted by Gasteiger charge is 2.52. The van der Waals surface area contributed by atoms with Crippen LogP contribution in [0.4, 0.5) is 5.69 Å². The van der Waals surface area contributed by atoms with Gasteiger partial charge in [0, 0.05) is 30.8 Å². The zero-order valence-electron chi connectivity index (χ0n) is 20.8. The molecular formula is C26H32N2O7S. The van der Waals surface area contributed by atoms with Gasteiger partial charge in [-0.2, -0.15) is 4.31 Å². The van der Waals surface area contributed by atoms with E-state index >= 15 is 0 Å². The molecule has 1 saturated carbocycles. The third-order valence-electron chi connectivity index (χ3n) is 6.94. The van der Waals surface area contributed by atoms with Crippen LogP contribution in [0.15, 0.2) is 47.4 Å². The Morgan fingerprint density at radius 1 is 1.00 bits per heavy atom. The highest BCUT2D eigenvalue weighted by Crippen LogP contribution is 2.49. The number of methoxy groups -OCH3 is 2. The summed E-state index contributed by atoms with van der Waals surface area (Å²) in [5.74, 6) is 0.159. The summed E-state index contributed by atoms with van der Waals surface area (Å²) in [7, 11) is -0.779. The van der Waals surface area contributed by atoms with Gasteiger partial charge < -0.3 is 19.5 Å². The van der Waals surface area contributed by atoms with Crippen molar-refractivity contribution in [3.63, 3.8) is 0 Å². The zero-order chi connectivity index (χ0) is 25.9. The monoisotopic (exact) mass is 516 g/mol. The van der Waals surface area contributed by atoms with E-state index in [2.05, 4.69) is 5.32 Å². The van der Waals surface area contributed by atoms with Crippen LogP contribution in [0.1, 0.15) is 38.2 Å². The van der Waals surface area contributed by atoms with Gasteiger partial charge in [-0.1, -0.05) is 12.1 Å². The lowest BCUT2D eigenvalue weighted by Gasteiger charge is -2.30. The van der Waals surface area contributed by atoms with E-state index < -0.39 is 15.4 Å². The van der Waals surface area contributed by atoms with Crippen molar-refractivity contribution in [2.45, 2.75) is 42.9 Å². The molecule has 2 fully saturated rings. The second kappa shape index (κ2) is 10.5. The Morgan fingerprint density at radius 3 is 2.19 bits per heavy atom. The molecular weight excluding hydrogens is 484 g/mol. The molecule has 0 unspecified atom stereocenters. The van der Waals surface area contributed by atoms with Crippen LogP contribution in [0, 0.1) is 5.92 Å². The second-order valence-electron chi connectivity index (χ2n) is 9.06. The summed E-state index contributed by atoms with van der Waals surface area (Å²) < 4.78 is 43.3. The Morgan fingerprint density at radius 2 is 1.64 bits per heavy atom. The zero-order valence-corrected chi connectivity index (χ0v) is 21.6. The minimum atomic E-state index is -3.72. The van der Waals surface area contributed by atoms with E-state index in [4.69, 9.17) is 14.2 Å². The summed E-state index contributed by atoms with van der Waals surface area (Å²) in [5.41, 5.74) is 0.988. The number of hydrogen-bond acceptors (Lipinski definition) is 7. The van der Waals surface area contributed by atoms with E-state index in [1.54, 1.807) is 25.1 Å². The molecule has 0 aromatic heterocycles. The van der Waals surface area contributed by atoms with E-state index in [0.717, 1.165) is 18.4 Å². The number of anilines is 1. The standard InChI is InChI=1S/C26H32N2O7S/c1-4-35-25(30)26(13-14-26)19-5-7-20(8-6-19)27-24(29)18-11-15-28(16-12-18)36(31,32)21-9-10-22(33-2)23(17-21)34-3/h5-10,17-18H,4,11-16H2,1-3H3,(H,27,29). The van der Waals surface area contributed by atoms with E-state index in [-0.39, 0.29) is 35.8 Å². The van der Waals surface area contributed by atoms with E-state index in [9.17, 15) is 18.0 Å². The van der Waals surface area contributed by atoms with Crippen molar-refractivity contribution in [2.24, 2.45) is 5.92 Å². The van der Waals surface area contributed by atoms with Crippen molar-refractivity contribution in [3.05, 3.63) is 48.0 Å². The van der Waals surface area contributed by atoms with E-state index in [1.807, 2.05) is 12.1 Å². The highest BCUT2D eigenvalue weighted by atomic mass is 32.2. The van der Waals surface area contributed by atoms with Crippen LogP contribution in [-0.4, -0.2) is 58.5 Å². The van der Waals surface area contributed by atoms with Gasteiger partial charge >= 0.3 is 5.97 Å². The molecule has 0 atom stereocenters. The number of rotatable bonds is 9. The van der Waals surface area contributed by atoms with Gasteiger partial charge in [0.15, 0.2) is 11.5 Å². The molecule has 2 aliphatic rings. The predicted octanol–water partition coefficient (Wildman–Crippen LogP) is 3.34. The Kier molecular flexibility index (Phi) is 7.56. The van der Waals surface area contributed by atoms with Crippen LogP contribution in [0.5, 0.6) is 11.5 Å². The van der Waals surface area contributed by atoms with Gasteiger partial charge in [-0.3, -0.25) is 9.59 Å². The number of hydrogen-bond donors (Lipinski definition) is 1. The number of benzene rings is 2. The van der Waals surface area contributed by atoms with Crippen molar-refractivity contribution >= 4 is 27.6 Å². The molecule has 1 saturated heterocycles. The molecule has 2 aromatic rings. The first-order valence-corrected chi connectivity index (χ1v) is 13.5. The maximum absolute atomic E-state index is 13.1. The Hall–Kier alpha value is -3.11. The molecule has 1 heterocycles. The molecule has 1 aliphatic carbocycles. The third-order valence-corrected chi connectivity index (χ3v) is 8.83. The minimum absolute atomic E-state index is 0.124. The van der Waals surface area contributed by atoms with Gasteiger partial charge in [0.2, 0.25) is 15.9 Å². The lowest BCUT2D eigenvalue weighted by Crippen LogP contribution is -2.41. The molecule has 9 nitrogen and oxygen atoms in total. The molecule has 2 aromatic carbocycles. The Bertz CT molecular complexity index is 1220. The fourth-order valence-corrected chi connectivity index (χ4v) is 6.09. The van der Waals surface area contributed by atoms with Crippen molar-refractivity contribution in [3.8, 4) is 11.5 Å². The molecule has 0 radical (unpaired) electrons. The predicted molar refractivity (Wildman–Crippen MR) is 134 cm³/mol. The van der Waals surface area contributed by atoms with Crippen molar-refractivity contribution in [1.82, 2.24) is 4.31 Å². The number of piperidine rings is 1. The SMILES string of the molecule is CCOC(=O)C1(c2ccc(NC(=O)C3CCN(S(=O)(=O)c4ccc(OC)c(OC)c4)CC3)cc2)CC1. The van der Waals surface area contributed by atoms with Gasteiger partial charge in [-0.05, 0) is 62.4 Å². The van der Waals surface area contributed by atoms with Crippen LogP contribution >= 0.6 is 0 Å². The lowest BCUT2D eigenvalue weighted by molar-refractivity contribution is -0.146. The Balaban J connectivity index is 1.35. The Labute approximate surface area is 211 Å². The summed E-state index contributed by atoms with van der Waals surface area (Å²) in [6, 6.07) is 11.8. The van der Waals surface area contributed by atoms with Gasteiger partial charge in [0.05, 0.1) is 31.1 Å². The van der Waals surface area contributed by atoms with Crippen LogP contribution in [0.2, 0.25) is 0 Å². The largest absolute Gasteiger partial charge is 0.493 e. The van der Waals surface area contributed by atoms with Gasteiger partial charge in [0.1, 0.15) is 0 Å². The van der Waals surface area contributed by atoms with E-state index in [0.29, 0.717) is 36.6 Å². The molecule has 36 heavy (non-hydrogen) atoms. The molecule has 1 amide bonds. The average molecular weight is 517 g/mol. The molecule has 0 bridgehead atoms. The maximum atomic E-state index is 13.1. The molecule has 194 valence electrons. The first kappa shape index (κ1) is 26.0. The van der Waals surface area contributed by atoms with Crippen molar-refractivity contribution in [1.29, 1.82) is 0 Å². The summed E-state index contributed by atoms with van der Waals surface area (Å²) in [4.78, 5) is 25.3. The van der Waals surface area contributed by atoms with Crippen LogP contribution < -0.4 is 14.8 Å². The minimum Gasteiger partial charge on any atom is -0.493 e. The number of esters is 1. The fourth-order valence-electron chi connectivity index (χ4n) is 4.61. The second-order valence-corrected chi connectivity index (χ2v) is 11.0.